The molecule has 23 heavy (non-hydrogen) atoms. The van der Waals surface area contributed by atoms with Gasteiger partial charge in [-0.25, -0.2) is 0 Å². The van der Waals surface area contributed by atoms with E-state index in [4.69, 9.17) is 10.5 Å². The molecule has 4 nitrogen and oxygen atoms in total. The highest BCUT2D eigenvalue weighted by molar-refractivity contribution is 7.98. The van der Waals surface area contributed by atoms with E-state index in [1.807, 2.05) is 60.9 Å². The van der Waals surface area contributed by atoms with E-state index in [9.17, 15) is 5.26 Å². The molecule has 0 atom stereocenters. The molecule has 0 aliphatic rings. The molecule has 0 aliphatic carbocycles. The first-order chi connectivity index (χ1) is 11.2. The van der Waals surface area contributed by atoms with E-state index in [0.717, 1.165) is 16.0 Å². The molecule has 0 aromatic heterocycles. The summed E-state index contributed by atoms with van der Waals surface area (Å²) in [4.78, 5) is 1.16. The molecular formula is C18H12N4S. The van der Waals surface area contributed by atoms with Gasteiger partial charge < -0.3 is 5.32 Å². The molecule has 0 saturated carbocycles. The third-order valence-electron chi connectivity index (χ3n) is 3.17. The summed E-state index contributed by atoms with van der Waals surface area (Å²) < 4.78 is 0. The fourth-order valence-electron chi connectivity index (χ4n) is 2.03. The van der Waals surface area contributed by atoms with Crippen LogP contribution >= 0.6 is 11.8 Å². The SMILES string of the molecule is CSc1ccc(-c2ccccc2NC(C#N)=C(C#N)C#N)cc1. The average Bonchev–Trinajstić information content (AvgIpc) is 2.62. The summed E-state index contributed by atoms with van der Waals surface area (Å²) in [5.74, 6) is 0. The molecule has 2 rings (SSSR count). The zero-order chi connectivity index (χ0) is 16.7. The van der Waals surface area contributed by atoms with Crippen molar-refractivity contribution < 1.29 is 0 Å². The summed E-state index contributed by atoms with van der Waals surface area (Å²) >= 11 is 1.66. The Morgan fingerprint density at radius 3 is 2.13 bits per heavy atom. The summed E-state index contributed by atoms with van der Waals surface area (Å²) in [7, 11) is 0. The molecule has 0 amide bonds. The minimum Gasteiger partial charge on any atom is -0.345 e. The molecular weight excluding hydrogens is 304 g/mol. The summed E-state index contributed by atoms with van der Waals surface area (Å²) in [6, 6.07) is 20.8. The minimum atomic E-state index is -0.236. The second-order valence-electron chi connectivity index (χ2n) is 4.48. The summed E-state index contributed by atoms with van der Waals surface area (Å²) in [5, 5.41) is 29.9. The molecule has 5 heteroatoms. The zero-order valence-electron chi connectivity index (χ0n) is 12.4. The summed E-state index contributed by atoms with van der Waals surface area (Å²) in [6.07, 6.45) is 2.01. The van der Waals surface area contributed by atoms with Crippen LogP contribution in [0.5, 0.6) is 0 Å². The molecule has 0 unspecified atom stereocenters. The number of allylic oxidation sites excluding steroid dienone is 2. The Labute approximate surface area is 139 Å². The lowest BCUT2D eigenvalue weighted by Crippen LogP contribution is -2.02. The number of thioether (sulfide) groups is 1. The van der Waals surface area contributed by atoms with Crippen LogP contribution in [-0.4, -0.2) is 6.26 Å². The van der Waals surface area contributed by atoms with Gasteiger partial charge in [-0.3, -0.25) is 0 Å². The van der Waals surface area contributed by atoms with Crippen LogP contribution in [0.2, 0.25) is 0 Å². The maximum Gasteiger partial charge on any atom is 0.163 e. The van der Waals surface area contributed by atoms with Gasteiger partial charge in [0, 0.05) is 16.1 Å². The number of nitriles is 3. The van der Waals surface area contributed by atoms with Crippen molar-refractivity contribution in [2.75, 3.05) is 11.6 Å². The van der Waals surface area contributed by atoms with E-state index in [1.54, 1.807) is 23.9 Å². The number of hydrogen-bond acceptors (Lipinski definition) is 5. The lowest BCUT2D eigenvalue weighted by atomic mass is 10.0. The normalized spacial score (nSPS) is 9.13. The molecule has 2 aromatic carbocycles. The third kappa shape index (κ3) is 3.71. The van der Waals surface area contributed by atoms with Gasteiger partial charge in [-0.2, -0.15) is 15.8 Å². The topological polar surface area (TPSA) is 83.4 Å². The maximum atomic E-state index is 9.17. The van der Waals surface area contributed by atoms with Crippen molar-refractivity contribution in [3.63, 3.8) is 0 Å². The minimum absolute atomic E-state index is 0.0526. The Morgan fingerprint density at radius 1 is 0.913 bits per heavy atom. The second-order valence-corrected chi connectivity index (χ2v) is 5.36. The second kappa shape index (κ2) is 7.71. The highest BCUT2D eigenvalue weighted by Gasteiger charge is 2.10. The molecule has 0 spiro atoms. The zero-order valence-corrected chi connectivity index (χ0v) is 13.2. The molecule has 110 valence electrons. The predicted molar refractivity (Wildman–Crippen MR) is 91.1 cm³/mol. The van der Waals surface area contributed by atoms with Crippen LogP contribution in [0.25, 0.3) is 11.1 Å². The molecule has 0 aliphatic heterocycles. The van der Waals surface area contributed by atoms with Gasteiger partial charge in [-0.05, 0) is 30.0 Å². The number of rotatable bonds is 4. The van der Waals surface area contributed by atoms with Crippen molar-refractivity contribution >= 4 is 17.4 Å². The van der Waals surface area contributed by atoms with Crippen molar-refractivity contribution in [1.29, 1.82) is 15.8 Å². The van der Waals surface area contributed by atoms with E-state index in [0.29, 0.717) is 5.69 Å². The Kier molecular flexibility index (Phi) is 5.42. The third-order valence-corrected chi connectivity index (χ3v) is 3.92. The van der Waals surface area contributed by atoms with Crippen LogP contribution < -0.4 is 5.32 Å². The van der Waals surface area contributed by atoms with E-state index in [2.05, 4.69) is 5.32 Å². The van der Waals surface area contributed by atoms with Gasteiger partial charge in [0.2, 0.25) is 0 Å². The number of benzene rings is 2. The molecule has 0 radical (unpaired) electrons. The maximum absolute atomic E-state index is 9.17. The van der Waals surface area contributed by atoms with Crippen molar-refractivity contribution in [3.05, 3.63) is 59.8 Å². The van der Waals surface area contributed by atoms with Crippen molar-refractivity contribution in [2.45, 2.75) is 4.90 Å². The van der Waals surface area contributed by atoms with Crippen molar-refractivity contribution in [3.8, 4) is 29.3 Å². The standard InChI is InChI=1S/C18H12N4S/c1-23-15-8-6-13(7-9-15)16-4-2-3-5-17(16)22-18(12-21)14(10-19)11-20/h2-9,22H,1H3. The van der Waals surface area contributed by atoms with Crippen LogP contribution in [0.1, 0.15) is 0 Å². The van der Waals surface area contributed by atoms with E-state index in [1.165, 1.54) is 0 Å². The average molecular weight is 316 g/mol. The molecule has 0 heterocycles. The van der Waals surface area contributed by atoms with Crippen LogP contribution in [0.15, 0.2) is 64.7 Å². The lowest BCUT2D eigenvalue weighted by Gasteiger charge is -2.11. The molecule has 0 bridgehead atoms. The number of anilines is 1. The first kappa shape index (κ1) is 16.2. The van der Waals surface area contributed by atoms with Gasteiger partial charge in [0.15, 0.2) is 5.57 Å². The monoisotopic (exact) mass is 316 g/mol. The van der Waals surface area contributed by atoms with E-state index < -0.39 is 0 Å². The van der Waals surface area contributed by atoms with Gasteiger partial charge in [0.1, 0.15) is 23.9 Å². The predicted octanol–water partition coefficient (Wildman–Crippen LogP) is 4.31. The van der Waals surface area contributed by atoms with Gasteiger partial charge in [-0.15, -0.1) is 11.8 Å². The highest BCUT2D eigenvalue weighted by atomic mass is 32.2. The Hall–Kier alpha value is -3.20. The number of hydrogen-bond donors (Lipinski definition) is 1. The van der Waals surface area contributed by atoms with Gasteiger partial charge in [-0.1, -0.05) is 30.3 Å². The van der Waals surface area contributed by atoms with Crippen molar-refractivity contribution in [1.82, 2.24) is 0 Å². The molecule has 0 saturated heterocycles. The van der Waals surface area contributed by atoms with Crippen molar-refractivity contribution in [2.24, 2.45) is 0 Å². The van der Waals surface area contributed by atoms with Crippen LogP contribution in [0.3, 0.4) is 0 Å². The number of para-hydroxylation sites is 1. The highest BCUT2D eigenvalue weighted by Crippen LogP contribution is 2.30. The number of nitrogens with zero attached hydrogens (tertiary/aromatic N) is 3. The Bertz CT molecular complexity index is 846. The summed E-state index contributed by atoms with van der Waals surface area (Å²) in [5.41, 5.74) is 2.26. The largest absolute Gasteiger partial charge is 0.345 e. The van der Waals surface area contributed by atoms with Crippen LogP contribution in [0.4, 0.5) is 5.69 Å². The molecule has 2 aromatic rings. The van der Waals surface area contributed by atoms with E-state index >= 15 is 0 Å². The van der Waals surface area contributed by atoms with Crippen LogP contribution in [0, 0.1) is 34.0 Å². The Morgan fingerprint density at radius 2 is 1.57 bits per heavy atom. The smallest absolute Gasteiger partial charge is 0.163 e. The van der Waals surface area contributed by atoms with Gasteiger partial charge in [0.05, 0.1) is 0 Å². The summed E-state index contributed by atoms with van der Waals surface area (Å²) in [6.45, 7) is 0. The molecule has 0 fully saturated rings. The quantitative estimate of drug-likeness (QED) is 0.671. The number of nitrogens with one attached hydrogen (secondary N) is 1. The van der Waals surface area contributed by atoms with Crippen LogP contribution in [-0.2, 0) is 0 Å². The van der Waals surface area contributed by atoms with E-state index in [-0.39, 0.29) is 11.3 Å². The first-order valence-electron chi connectivity index (χ1n) is 6.68. The lowest BCUT2D eigenvalue weighted by molar-refractivity contribution is 1.37. The first-order valence-corrected chi connectivity index (χ1v) is 7.91. The Balaban J connectivity index is 2.46. The fourth-order valence-corrected chi connectivity index (χ4v) is 2.44. The van der Waals surface area contributed by atoms with Gasteiger partial charge in [0.25, 0.3) is 0 Å². The molecule has 1 N–H and O–H groups in total. The van der Waals surface area contributed by atoms with Gasteiger partial charge >= 0.3 is 0 Å². The fraction of sp³-hybridized carbons (Fsp3) is 0.0556.